The van der Waals surface area contributed by atoms with Gasteiger partial charge in [-0.1, -0.05) is 36.4 Å². The fraction of sp³-hybridized carbons (Fsp3) is 0.133. The van der Waals surface area contributed by atoms with Crippen LogP contribution in [-0.4, -0.2) is 5.11 Å². The highest BCUT2D eigenvalue weighted by Crippen LogP contribution is 2.15. The molecule has 2 aromatic carbocycles. The minimum Gasteiger partial charge on any atom is -0.392 e. The molecule has 0 bridgehead atoms. The zero-order valence-corrected chi connectivity index (χ0v) is 9.93. The number of hydrogen-bond donors (Lipinski definition) is 2. The number of nitrogens with zero attached hydrogens (tertiary/aromatic N) is 1. The Bertz CT molecular complexity index is 573. The van der Waals surface area contributed by atoms with Crippen molar-refractivity contribution in [2.75, 3.05) is 5.32 Å². The van der Waals surface area contributed by atoms with Gasteiger partial charge in [0.05, 0.1) is 17.9 Å². The van der Waals surface area contributed by atoms with E-state index in [0.29, 0.717) is 12.1 Å². The van der Waals surface area contributed by atoms with E-state index in [1.54, 1.807) is 6.07 Å². The van der Waals surface area contributed by atoms with Gasteiger partial charge < -0.3 is 10.4 Å². The molecule has 0 saturated carbocycles. The Morgan fingerprint density at radius 2 is 1.83 bits per heavy atom. The molecule has 0 atom stereocenters. The van der Waals surface area contributed by atoms with E-state index in [2.05, 4.69) is 11.4 Å². The van der Waals surface area contributed by atoms with Gasteiger partial charge >= 0.3 is 0 Å². The minimum atomic E-state index is 0.0443. The van der Waals surface area contributed by atoms with Crippen molar-refractivity contribution in [2.45, 2.75) is 13.2 Å². The number of anilines is 1. The number of nitriles is 1. The van der Waals surface area contributed by atoms with Gasteiger partial charge in [-0.25, -0.2) is 0 Å². The molecule has 0 aliphatic heterocycles. The van der Waals surface area contributed by atoms with E-state index >= 15 is 0 Å². The molecule has 2 rings (SSSR count). The maximum absolute atomic E-state index is 9.07. The lowest BCUT2D eigenvalue weighted by Crippen LogP contribution is -2.01. The Labute approximate surface area is 106 Å². The van der Waals surface area contributed by atoms with E-state index in [9.17, 15) is 0 Å². The van der Waals surface area contributed by atoms with Crippen molar-refractivity contribution in [2.24, 2.45) is 0 Å². The molecule has 0 radical (unpaired) electrons. The summed E-state index contributed by atoms with van der Waals surface area (Å²) in [5, 5.41) is 21.3. The lowest BCUT2D eigenvalue weighted by atomic mass is 10.1. The third-order valence-corrected chi connectivity index (χ3v) is 2.70. The number of benzene rings is 2. The molecule has 18 heavy (non-hydrogen) atoms. The average Bonchev–Trinajstić information content (AvgIpc) is 2.45. The lowest BCUT2D eigenvalue weighted by molar-refractivity contribution is 0.281. The standard InChI is InChI=1S/C15H14N2O/c16-9-14-6-1-2-7-15(14)17-10-12-4-3-5-13(8-12)11-18/h1-8,17-18H,10-11H2. The van der Waals surface area contributed by atoms with Crippen molar-refractivity contribution in [1.29, 1.82) is 5.26 Å². The second-order valence-electron chi connectivity index (χ2n) is 3.99. The van der Waals surface area contributed by atoms with Crippen LogP contribution < -0.4 is 5.32 Å². The van der Waals surface area contributed by atoms with Gasteiger partial charge in [0.15, 0.2) is 0 Å². The molecule has 0 heterocycles. The molecule has 3 heteroatoms. The average molecular weight is 238 g/mol. The number of hydrogen-bond acceptors (Lipinski definition) is 3. The highest BCUT2D eigenvalue weighted by atomic mass is 16.3. The van der Waals surface area contributed by atoms with Crippen molar-refractivity contribution in [1.82, 2.24) is 0 Å². The Morgan fingerprint density at radius 1 is 1.06 bits per heavy atom. The van der Waals surface area contributed by atoms with Gasteiger partial charge in [0.25, 0.3) is 0 Å². The van der Waals surface area contributed by atoms with Gasteiger partial charge in [-0.2, -0.15) is 5.26 Å². The van der Waals surface area contributed by atoms with Crippen LogP contribution in [0.15, 0.2) is 48.5 Å². The molecule has 2 aromatic rings. The zero-order valence-electron chi connectivity index (χ0n) is 9.93. The molecule has 0 spiro atoms. The molecular weight excluding hydrogens is 224 g/mol. The van der Waals surface area contributed by atoms with Crippen LogP contribution in [0.1, 0.15) is 16.7 Å². The molecular formula is C15H14N2O. The van der Waals surface area contributed by atoms with E-state index in [-0.39, 0.29) is 6.61 Å². The van der Waals surface area contributed by atoms with Gasteiger partial charge in [0, 0.05) is 6.54 Å². The summed E-state index contributed by atoms with van der Waals surface area (Å²) in [6, 6.07) is 17.3. The topological polar surface area (TPSA) is 56.0 Å². The van der Waals surface area contributed by atoms with Crippen LogP contribution >= 0.6 is 0 Å². The molecule has 0 amide bonds. The first kappa shape index (κ1) is 12.2. The molecule has 0 aliphatic carbocycles. The second kappa shape index (κ2) is 5.85. The summed E-state index contributed by atoms with van der Waals surface area (Å²) in [4.78, 5) is 0. The third kappa shape index (κ3) is 2.88. The molecule has 0 unspecified atom stereocenters. The molecule has 2 N–H and O–H groups in total. The Morgan fingerprint density at radius 3 is 2.61 bits per heavy atom. The van der Waals surface area contributed by atoms with Crippen molar-refractivity contribution < 1.29 is 5.11 Å². The highest BCUT2D eigenvalue weighted by Gasteiger charge is 2.00. The fourth-order valence-corrected chi connectivity index (χ4v) is 1.77. The Hall–Kier alpha value is -2.31. The van der Waals surface area contributed by atoms with Crippen LogP contribution in [0.25, 0.3) is 0 Å². The number of para-hydroxylation sites is 1. The van der Waals surface area contributed by atoms with Crippen LogP contribution in [-0.2, 0) is 13.2 Å². The quantitative estimate of drug-likeness (QED) is 0.861. The van der Waals surface area contributed by atoms with Crippen LogP contribution in [0, 0.1) is 11.3 Å². The monoisotopic (exact) mass is 238 g/mol. The highest BCUT2D eigenvalue weighted by molar-refractivity contribution is 5.57. The van der Waals surface area contributed by atoms with E-state index in [4.69, 9.17) is 10.4 Å². The van der Waals surface area contributed by atoms with Gasteiger partial charge in [0.2, 0.25) is 0 Å². The molecule has 3 nitrogen and oxygen atoms in total. The largest absolute Gasteiger partial charge is 0.392 e. The predicted octanol–water partition coefficient (Wildman–Crippen LogP) is 2.66. The first-order valence-corrected chi connectivity index (χ1v) is 5.75. The van der Waals surface area contributed by atoms with Gasteiger partial charge in [0.1, 0.15) is 6.07 Å². The lowest BCUT2D eigenvalue weighted by Gasteiger charge is -2.08. The Balaban J connectivity index is 2.09. The molecule has 0 saturated heterocycles. The normalized spacial score (nSPS) is 9.78. The summed E-state index contributed by atoms with van der Waals surface area (Å²) < 4.78 is 0. The van der Waals surface area contributed by atoms with Gasteiger partial charge in [-0.15, -0.1) is 0 Å². The van der Waals surface area contributed by atoms with Gasteiger partial charge in [-0.05, 0) is 23.3 Å². The van der Waals surface area contributed by atoms with Crippen molar-refractivity contribution in [3.8, 4) is 6.07 Å². The zero-order chi connectivity index (χ0) is 12.8. The second-order valence-corrected chi connectivity index (χ2v) is 3.99. The molecule has 0 aliphatic rings. The molecule has 90 valence electrons. The van der Waals surface area contributed by atoms with Crippen molar-refractivity contribution in [3.63, 3.8) is 0 Å². The van der Waals surface area contributed by atoms with Crippen LogP contribution in [0.5, 0.6) is 0 Å². The third-order valence-electron chi connectivity index (χ3n) is 2.70. The Kier molecular flexibility index (Phi) is 3.95. The first-order valence-electron chi connectivity index (χ1n) is 5.75. The smallest absolute Gasteiger partial charge is 0.101 e. The summed E-state index contributed by atoms with van der Waals surface area (Å²) in [7, 11) is 0. The SMILES string of the molecule is N#Cc1ccccc1NCc1cccc(CO)c1. The van der Waals surface area contributed by atoms with Gasteiger partial charge in [-0.3, -0.25) is 0 Å². The maximum Gasteiger partial charge on any atom is 0.101 e. The summed E-state index contributed by atoms with van der Waals surface area (Å²) in [6.07, 6.45) is 0. The number of aliphatic hydroxyl groups excluding tert-OH is 1. The van der Waals surface area contributed by atoms with Crippen molar-refractivity contribution >= 4 is 5.69 Å². The summed E-state index contributed by atoms with van der Waals surface area (Å²) in [5.74, 6) is 0. The molecule has 0 aromatic heterocycles. The van der Waals surface area contributed by atoms with Crippen LogP contribution in [0.4, 0.5) is 5.69 Å². The minimum absolute atomic E-state index is 0.0443. The number of rotatable bonds is 4. The van der Waals surface area contributed by atoms with Crippen LogP contribution in [0.2, 0.25) is 0 Å². The summed E-state index contributed by atoms with van der Waals surface area (Å²) >= 11 is 0. The van der Waals surface area contributed by atoms with E-state index in [1.165, 1.54) is 0 Å². The number of nitrogens with one attached hydrogen (secondary N) is 1. The van der Waals surface area contributed by atoms with E-state index < -0.39 is 0 Å². The van der Waals surface area contributed by atoms with E-state index in [1.807, 2.05) is 42.5 Å². The summed E-state index contributed by atoms with van der Waals surface area (Å²) in [5.41, 5.74) is 3.43. The number of aliphatic hydroxyl groups is 1. The van der Waals surface area contributed by atoms with Crippen LogP contribution in [0.3, 0.4) is 0 Å². The van der Waals surface area contributed by atoms with E-state index in [0.717, 1.165) is 16.8 Å². The predicted molar refractivity (Wildman–Crippen MR) is 70.8 cm³/mol. The fourth-order valence-electron chi connectivity index (χ4n) is 1.77. The molecule has 0 fully saturated rings. The van der Waals surface area contributed by atoms with Crippen molar-refractivity contribution in [3.05, 3.63) is 65.2 Å². The first-order chi connectivity index (χ1) is 8.83. The maximum atomic E-state index is 9.07. The summed E-state index contributed by atoms with van der Waals surface area (Å²) in [6.45, 7) is 0.676.